The van der Waals surface area contributed by atoms with E-state index < -0.39 is 0 Å². The fourth-order valence-electron chi connectivity index (χ4n) is 3.64. The Bertz CT molecular complexity index is 868. The second kappa shape index (κ2) is 6.63. The third kappa shape index (κ3) is 3.12. The number of anilines is 2. The summed E-state index contributed by atoms with van der Waals surface area (Å²) >= 11 is 0. The van der Waals surface area contributed by atoms with Gasteiger partial charge in [-0.25, -0.2) is 4.98 Å². The van der Waals surface area contributed by atoms with E-state index in [1.165, 1.54) is 33.6 Å². The summed E-state index contributed by atoms with van der Waals surface area (Å²) in [5, 5.41) is 6.93. The molecule has 4 nitrogen and oxygen atoms in total. The second-order valence-electron chi connectivity index (χ2n) is 6.79. The maximum absolute atomic E-state index is 4.25. The molecule has 0 aliphatic carbocycles. The van der Waals surface area contributed by atoms with E-state index in [1.54, 1.807) is 6.33 Å². The fraction of sp³-hybridized carbons (Fsp3) is 0.286. The molecular formula is C21H24N4. The lowest BCUT2D eigenvalue weighted by Gasteiger charge is -2.23. The smallest absolute Gasteiger partial charge is 0.0921 e. The standard InChI is InChI=1S/C21H24N4/c1-14-4-3-5-17(15(14)2)18(21-12-22-13-25-21)10-16-6-7-19-20(11-16)24-9-8-23-19/h3-7,11-13,18,23-24H,8-10H2,1-2H3,(H,22,25). The van der Waals surface area contributed by atoms with Crippen LogP contribution in [0.2, 0.25) is 0 Å². The van der Waals surface area contributed by atoms with Crippen LogP contribution in [0.25, 0.3) is 0 Å². The molecule has 0 amide bonds. The monoisotopic (exact) mass is 332 g/mol. The minimum absolute atomic E-state index is 0.275. The molecule has 128 valence electrons. The average Bonchev–Trinajstić information content (AvgIpc) is 3.17. The summed E-state index contributed by atoms with van der Waals surface area (Å²) in [7, 11) is 0. The highest BCUT2D eigenvalue weighted by Gasteiger charge is 2.20. The van der Waals surface area contributed by atoms with Crippen molar-refractivity contribution >= 4 is 11.4 Å². The van der Waals surface area contributed by atoms with Crippen molar-refractivity contribution in [1.29, 1.82) is 0 Å². The predicted octanol–water partition coefficient (Wildman–Crippen LogP) is 4.24. The van der Waals surface area contributed by atoms with Crippen molar-refractivity contribution in [2.45, 2.75) is 26.2 Å². The van der Waals surface area contributed by atoms with E-state index in [4.69, 9.17) is 0 Å². The van der Waals surface area contributed by atoms with Crippen LogP contribution in [0.5, 0.6) is 0 Å². The lowest BCUT2D eigenvalue weighted by molar-refractivity contribution is 0.772. The number of aromatic nitrogens is 2. The Morgan fingerprint density at radius 2 is 1.88 bits per heavy atom. The zero-order chi connectivity index (χ0) is 17.2. The van der Waals surface area contributed by atoms with Crippen LogP contribution < -0.4 is 10.6 Å². The molecule has 0 saturated heterocycles. The first-order valence-electron chi connectivity index (χ1n) is 8.87. The van der Waals surface area contributed by atoms with Crippen molar-refractivity contribution in [2.24, 2.45) is 0 Å². The highest BCUT2D eigenvalue weighted by Crippen LogP contribution is 2.33. The molecule has 1 aliphatic heterocycles. The first kappa shape index (κ1) is 15.8. The minimum Gasteiger partial charge on any atom is -0.382 e. The lowest BCUT2D eigenvalue weighted by atomic mass is 9.85. The van der Waals surface area contributed by atoms with Gasteiger partial charge in [-0.3, -0.25) is 0 Å². The van der Waals surface area contributed by atoms with E-state index >= 15 is 0 Å². The topological polar surface area (TPSA) is 52.7 Å². The van der Waals surface area contributed by atoms with Gasteiger partial charge in [0.25, 0.3) is 0 Å². The van der Waals surface area contributed by atoms with Crippen LogP contribution in [0, 0.1) is 13.8 Å². The quantitative estimate of drug-likeness (QED) is 0.670. The summed E-state index contributed by atoms with van der Waals surface area (Å²) in [5.41, 5.74) is 8.95. The molecule has 0 bridgehead atoms. The Morgan fingerprint density at radius 3 is 2.68 bits per heavy atom. The highest BCUT2D eigenvalue weighted by molar-refractivity contribution is 5.71. The molecule has 0 radical (unpaired) electrons. The zero-order valence-corrected chi connectivity index (χ0v) is 14.8. The van der Waals surface area contributed by atoms with Gasteiger partial charge in [-0.2, -0.15) is 0 Å². The summed E-state index contributed by atoms with van der Waals surface area (Å²) in [4.78, 5) is 7.58. The average molecular weight is 332 g/mol. The summed E-state index contributed by atoms with van der Waals surface area (Å²) < 4.78 is 0. The number of imidazole rings is 1. The largest absolute Gasteiger partial charge is 0.382 e. The number of hydrogen-bond donors (Lipinski definition) is 3. The van der Waals surface area contributed by atoms with Crippen LogP contribution in [0.3, 0.4) is 0 Å². The first-order chi connectivity index (χ1) is 12.2. The van der Waals surface area contributed by atoms with E-state index in [-0.39, 0.29) is 5.92 Å². The molecule has 1 aromatic heterocycles. The molecule has 1 aliphatic rings. The third-order valence-corrected chi connectivity index (χ3v) is 5.20. The Labute approximate surface area is 148 Å². The highest BCUT2D eigenvalue weighted by atomic mass is 15.0. The molecule has 2 heterocycles. The molecule has 1 atom stereocenters. The summed E-state index contributed by atoms with van der Waals surface area (Å²) in [5.74, 6) is 0.275. The van der Waals surface area contributed by atoms with Gasteiger partial charge in [-0.15, -0.1) is 0 Å². The van der Waals surface area contributed by atoms with E-state index in [0.717, 1.165) is 25.2 Å². The van der Waals surface area contributed by atoms with Crippen LogP contribution in [-0.4, -0.2) is 23.1 Å². The summed E-state index contributed by atoms with van der Waals surface area (Å²) in [6.45, 7) is 6.34. The van der Waals surface area contributed by atoms with Crippen molar-refractivity contribution in [2.75, 3.05) is 23.7 Å². The SMILES string of the molecule is Cc1cccc(C(Cc2ccc3c(c2)NCCN3)c2cnc[nH]2)c1C. The Kier molecular flexibility index (Phi) is 4.18. The molecular weight excluding hydrogens is 308 g/mol. The predicted molar refractivity (Wildman–Crippen MR) is 103 cm³/mol. The van der Waals surface area contributed by atoms with Gasteiger partial charge in [0.1, 0.15) is 0 Å². The summed E-state index contributed by atoms with van der Waals surface area (Å²) in [6.07, 6.45) is 4.66. The van der Waals surface area contributed by atoms with E-state index in [1.807, 2.05) is 6.20 Å². The maximum atomic E-state index is 4.25. The Balaban J connectivity index is 1.71. The number of rotatable bonds is 4. The molecule has 3 N–H and O–H groups in total. The van der Waals surface area contributed by atoms with Crippen molar-refractivity contribution in [3.63, 3.8) is 0 Å². The maximum Gasteiger partial charge on any atom is 0.0921 e. The molecule has 25 heavy (non-hydrogen) atoms. The first-order valence-corrected chi connectivity index (χ1v) is 8.87. The number of fused-ring (bicyclic) bond motifs is 1. The lowest BCUT2D eigenvalue weighted by Crippen LogP contribution is -2.20. The normalized spacial score (nSPS) is 14.3. The van der Waals surface area contributed by atoms with E-state index in [2.05, 4.69) is 70.8 Å². The van der Waals surface area contributed by atoms with Crippen LogP contribution in [-0.2, 0) is 6.42 Å². The molecule has 4 rings (SSSR count). The van der Waals surface area contributed by atoms with Crippen LogP contribution >= 0.6 is 0 Å². The van der Waals surface area contributed by atoms with E-state index in [9.17, 15) is 0 Å². The number of H-pyrrole nitrogens is 1. The zero-order valence-electron chi connectivity index (χ0n) is 14.8. The Hall–Kier alpha value is -2.75. The number of hydrogen-bond acceptors (Lipinski definition) is 3. The van der Waals surface area contributed by atoms with Crippen LogP contribution in [0.4, 0.5) is 11.4 Å². The Morgan fingerprint density at radius 1 is 1.04 bits per heavy atom. The second-order valence-corrected chi connectivity index (χ2v) is 6.79. The van der Waals surface area contributed by atoms with Crippen molar-refractivity contribution in [3.05, 3.63) is 76.9 Å². The molecule has 0 spiro atoms. The van der Waals surface area contributed by atoms with Gasteiger partial charge in [0.2, 0.25) is 0 Å². The van der Waals surface area contributed by atoms with Crippen molar-refractivity contribution in [3.8, 4) is 0 Å². The molecule has 0 saturated carbocycles. The van der Waals surface area contributed by atoms with Gasteiger partial charge < -0.3 is 15.6 Å². The molecule has 4 heteroatoms. The van der Waals surface area contributed by atoms with Gasteiger partial charge in [-0.05, 0) is 54.7 Å². The third-order valence-electron chi connectivity index (χ3n) is 5.20. The number of benzene rings is 2. The van der Waals surface area contributed by atoms with Gasteiger partial charge >= 0.3 is 0 Å². The van der Waals surface area contributed by atoms with Crippen molar-refractivity contribution < 1.29 is 0 Å². The minimum atomic E-state index is 0.275. The number of aryl methyl sites for hydroxylation is 1. The molecule has 0 fully saturated rings. The molecule has 1 unspecified atom stereocenters. The molecule has 2 aromatic carbocycles. The van der Waals surface area contributed by atoms with Gasteiger partial charge in [-0.1, -0.05) is 24.3 Å². The number of nitrogens with one attached hydrogen (secondary N) is 3. The summed E-state index contributed by atoms with van der Waals surface area (Å²) in [6, 6.07) is 13.3. The van der Waals surface area contributed by atoms with Crippen molar-refractivity contribution in [1.82, 2.24) is 9.97 Å². The number of aromatic amines is 1. The van der Waals surface area contributed by atoms with Crippen LogP contribution in [0.15, 0.2) is 48.9 Å². The number of nitrogens with zero attached hydrogens (tertiary/aromatic N) is 1. The van der Waals surface area contributed by atoms with Gasteiger partial charge in [0.15, 0.2) is 0 Å². The van der Waals surface area contributed by atoms with Crippen LogP contribution in [0.1, 0.15) is 33.9 Å². The van der Waals surface area contributed by atoms with Gasteiger partial charge in [0, 0.05) is 30.9 Å². The fourth-order valence-corrected chi connectivity index (χ4v) is 3.64. The van der Waals surface area contributed by atoms with E-state index in [0.29, 0.717) is 0 Å². The molecule has 3 aromatic rings. The van der Waals surface area contributed by atoms with Gasteiger partial charge in [0.05, 0.1) is 17.7 Å².